The molecule has 0 saturated heterocycles. The van der Waals surface area contributed by atoms with E-state index >= 15 is 0 Å². The quantitative estimate of drug-likeness (QED) is 0.644. The van der Waals surface area contributed by atoms with Gasteiger partial charge in [0.05, 0.1) is 18.1 Å². The summed E-state index contributed by atoms with van der Waals surface area (Å²) in [6, 6.07) is 2.36. The zero-order valence-electron chi connectivity index (χ0n) is 8.09. The third-order valence-corrected chi connectivity index (χ3v) is 1.82. The first kappa shape index (κ1) is 11.4. The van der Waals surface area contributed by atoms with Gasteiger partial charge in [-0.3, -0.25) is 0 Å². The third kappa shape index (κ3) is 5.11. The van der Waals surface area contributed by atoms with Crippen LogP contribution in [0.1, 0.15) is 27.2 Å². The van der Waals surface area contributed by atoms with Crippen LogP contribution < -0.4 is 5.32 Å². The van der Waals surface area contributed by atoms with Crippen molar-refractivity contribution in [3.05, 3.63) is 0 Å². The topological polar surface area (TPSA) is 56.0 Å². The fourth-order valence-corrected chi connectivity index (χ4v) is 0.752. The lowest BCUT2D eigenvalue weighted by Crippen LogP contribution is -2.32. The smallest absolute Gasteiger partial charge is 0.0684 e. The Morgan fingerprint density at radius 2 is 2.17 bits per heavy atom. The van der Waals surface area contributed by atoms with Crippen LogP contribution in [0.15, 0.2) is 0 Å². The summed E-state index contributed by atoms with van der Waals surface area (Å²) < 4.78 is 0. The van der Waals surface area contributed by atoms with Gasteiger partial charge in [0.25, 0.3) is 0 Å². The Labute approximate surface area is 74.4 Å². The molecule has 70 valence electrons. The van der Waals surface area contributed by atoms with Crippen molar-refractivity contribution >= 4 is 0 Å². The van der Waals surface area contributed by atoms with Gasteiger partial charge in [-0.2, -0.15) is 5.26 Å². The van der Waals surface area contributed by atoms with Gasteiger partial charge >= 0.3 is 0 Å². The molecule has 0 radical (unpaired) electrons. The molecule has 0 aliphatic carbocycles. The first-order valence-electron chi connectivity index (χ1n) is 4.27. The number of aliphatic hydroxyl groups is 1. The predicted molar refractivity (Wildman–Crippen MR) is 48.6 cm³/mol. The van der Waals surface area contributed by atoms with Gasteiger partial charge < -0.3 is 10.4 Å². The van der Waals surface area contributed by atoms with Gasteiger partial charge in [-0.15, -0.1) is 0 Å². The molecule has 12 heavy (non-hydrogen) atoms. The standard InChI is InChI=1S/C9H18N2O/c1-8(6-12)11-5-4-9(2,3)7-10/h8,11-12H,4-6H2,1-3H3. The molecule has 0 heterocycles. The Hall–Kier alpha value is -0.590. The van der Waals surface area contributed by atoms with Crippen molar-refractivity contribution in [3.8, 4) is 6.07 Å². The van der Waals surface area contributed by atoms with Crippen molar-refractivity contribution in [2.75, 3.05) is 13.2 Å². The molecule has 0 aromatic carbocycles. The van der Waals surface area contributed by atoms with Crippen LogP contribution in [0.4, 0.5) is 0 Å². The molecule has 0 saturated carbocycles. The third-order valence-electron chi connectivity index (χ3n) is 1.82. The second-order valence-corrected chi connectivity index (χ2v) is 3.78. The minimum atomic E-state index is -0.262. The van der Waals surface area contributed by atoms with Gasteiger partial charge in [-0.25, -0.2) is 0 Å². The van der Waals surface area contributed by atoms with Crippen molar-refractivity contribution in [3.63, 3.8) is 0 Å². The summed E-state index contributed by atoms with van der Waals surface area (Å²) >= 11 is 0. The molecule has 0 aliphatic heterocycles. The average molecular weight is 170 g/mol. The van der Waals surface area contributed by atoms with Gasteiger partial charge in [0.15, 0.2) is 0 Å². The maximum atomic E-state index is 8.69. The maximum Gasteiger partial charge on any atom is 0.0684 e. The van der Waals surface area contributed by atoms with Crippen LogP contribution in [0.2, 0.25) is 0 Å². The van der Waals surface area contributed by atoms with Crippen LogP contribution in [0, 0.1) is 16.7 Å². The minimum absolute atomic E-state index is 0.125. The van der Waals surface area contributed by atoms with Gasteiger partial charge in [0.1, 0.15) is 0 Å². The summed E-state index contributed by atoms with van der Waals surface area (Å²) in [5.41, 5.74) is -0.262. The van der Waals surface area contributed by atoms with Gasteiger partial charge in [0, 0.05) is 6.04 Å². The number of aliphatic hydroxyl groups excluding tert-OH is 1. The summed E-state index contributed by atoms with van der Waals surface area (Å²) in [6.07, 6.45) is 0.813. The molecule has 0 amide bonds. The molecule has 0 rings (SSSR count). The van der Waals surface area contributed by atoms with Crippen LogP contribution >= 0.6 is 0 Å². The highest BCUT2D eigenvalue weighted by Crippen LogP contribution is 2.17. The molecule has 0 aliphatic rings. The number of nitrogens with zero attached hydrogens (tertiary/aromatic N) is 1. The van der Waals surface area contributed by atoms with Crippen molar-refractivity contribution in [2.24, 2.45) is 5.41 Å². The van der Waals surface area contributed by atoms with E-state index in [2.05, 4.69) is 11.4 Å². The molecule has 1 atom stereocenters. The van der Waals surface area contributed by atoms with Gasteiger partial charge in [-0.05, 0) is 33.7 Å². The Balaban J connectivity index is 3.51. The summed E-state index contributed by atoms with van der Waals surface area (Å²) in [6.45, 7) is 6.67. The van der Waals surface area contributed by atoms with Crippen LogP contribution in [-0.4, -0.2) is 24.3 Å². The van der Waals surface area contributed by atoms with Crippen molar-refractivity contribution in [1.82, 2.24) is 5.32 Å². The van der Waals surface area contributed by atoms with Crippen molar-refractivity contribution in [1.29, 1.82) is 5.26 Å². The second kappa shape index (κ2) is 5.13. The van der Waals surface area contributed by atoms with Gasteiger partial charge in [-0.1, -0.05) is 0 Å². The van der Waals surface area contributed by atoms with E-state index < -0.39 is 0 Å². The number of hydrogen-bond acceptors (Lipinski definition) is 3. The molecule has 0 spiro atoms. The minimum Gasteiger partial charge on any atom is -0.395 e. The predicted octanol–water partition coefficient (Wildman–Crippen LogP) is 0.897. The monoisotopic (exact) mass is 170 g/mol. The molecule has 0 aromatic heterocycles. The van der Waals surface area contributed by atoms with E-state index in [1.807, 2.05) is 20.8 Å². The first-order chi connectivity index (χ1) is 5.52. The molecular weight excluding hydrogens is 152 g/mol. The summed E-state index contributed by atoms with van der Waals surface area (Å²) in [7, 11) is 0. The lowest BCUT2D eigenvalue weighted by Gasteiger charge is -2.17. The van der Waals surface area contributed by atoms with Crippen molar-refractivity contribution in [2.45, 2.75) is 33.2 Å². The van der Waals surface area contributed by atoms with Gasteiger partial charge in [0.2, 0.25) is 0 Å². The Morgan fingerprint density at radius 1 is 1.58 bits per heavy atom. The summed E-state index contributed by atoms with van der Waals surface area (Å²) in [5, 5.41) is 20.5. The summed E-state index contributed by atoms with van der Waals surface area (Å²) in [4.78, 5) is 0. The largest absolute Gasteiger partial charge is 0.395 e. The SMILES string of the molecule is CC(CO)NCCC(C)(C)C#N. The molecule has 1 unspecified atom stereocenters. The first-order valence-corrected chi connectivity index (χ1v) is 4.27. The van der Waals surface area contributed by atoms with E-state index in [0.717, 1.165) is 13.0 Å². The van der Waals surface area contributed by atoms with Crippen LogP contribution in [-0.2, 0) is 0 Å². The lowest BCUT2D eigenvalue weighted by atomic mass is 9.91. The van der Waals surface area contributed by atoms with Crippen LogP contribution in [0.5, 0.6) is 0 Å². The molecule has 3 heteroatoms. The number of rotatable bonds is 5. The fourth-order valence-electron chi connectivity index (χ4n) is 0.752. The van der Waals surface area contributed by atoms with Crippen LogP contribution in [0.3, 0.4) is 0 Å². The molecular formula is C9H18N2O. The molecule has 2 N–H and O–H groups in total. The number of hydrogen-bond donors (Lipinski definition) is 2. The molecule has 0 bridgehead atoms. The molecule has 0 fully saturated rings. The van der Waals surface area contributed by atoms with Crippen LogP contribution in [0.25, 0.3) is 0 Å². The van der Waals surface area contributed by atoms with E-state index in [9.17, 15) is 0 Å². The zero-order valence-corrected chi connectivity index (χ0v) is 8.09. The number of nitrogens with one attached hydrogen (secondary N) is 1. The average Bonchev–Trinajstić information content (AvgIpc) is 2.04. The molecule has 0 aromatic rings. The second-order valence-electron chi connectivity index (χ2n) is 3.78. The van der Waals surface area contributed by atoms with E-state index in [-0.39, 0.29) is 18.1 Å². The summed E-state index contributed by atoms with van der Waals surface area (Å²) in [5.74, 6) is 0. The number of nitriles is 1. The Kier molecular flexibility index (Phi) is 4.87. The highest BCUT2D eigenvalue weighted by Gasteiger charge is 2.15. The highest BCUT2D eigenvalue weighted by atomic mass is 16.3. The molecule has 3 nitrogen and oxygen atoms in total. The maximum absolute atomic E-state index is 8.69. The Morgan fingerprint density at radius 3 is 2.58 bits per heavy atom. The fraction of sp³-hybridized carbons (Fsp3) is 0.889. The van der Waals surface area contributed by atoms with Crippen molar-refractivity contribution < 1.29 is 5.11 Å². The Bertz CT molecular complexity index is 160. The van der Waals surface area contributed by atoms with E-state index in [1.54, 1.807) is 0 Å². The highest BCUT2D eigenvalue weighted by molar-refractivity contribution is 4.91. The lowest BCUT2D eigenvalue weighted by molar-refractivity contribution is 0.248. The van der Waals surface area contributed by atoms with E-state index in [1.165, 1.54) is 0 Å². The zero-order chi connectivity index (χ0) is 9.61. The van der Waals surface area contributed by atoms with E-state index in [4.69, 9.17) is 10.4 Å². The van der Waals surface area contributed by atoms with E-state index in [0.29, 0.717) is 0 Å². The normalized spacial score (nSPS) is 13.9.